The van der Waals surface area contributed by atoms with Crippen molar-refractivity contribution in [1.29, 1.82) is 0 Å². The number of carbonyl (C=O) groups excluding carboxylic acids is 1. The van der Waals surface area contributed by atoms with Crippen molar-refractivity contribution in [3.05, 3.63) is 0 Å². The summed E-state index contributed by atoms with van der Waals surface area (Å²) in [4.78, 5) is 24.7. The Balaban J connectivity index is 1.68. The molecule has 0 aromatic rings. The quantitative estimate of drug-likeness (QED) is 0.735. The fraction of sp³-hybridized carbons (Fsp3) is 0.867. The molecule has 1 atom stereocenters. The lowest BCUT2D eigenvalue weighted by Crippen LogP contribution is -2.50. The number of hydrogen-bond acceptors (Lipinski definition) is 3. The normalized spacial score (nSPS) is 23.2. The fourth-order valence-electron chi connectivity index (χ4n) is 3.22. The summed E-state index contributed by atoms with van der Waals surface area (Å²) in [6.07, 6.45) is 7.83. The van der Waals surface area contributed by atoms with Crippen LogP contribution in [0.4, 0.5) is 4.79 Å². The summed E-state index contributed by atoms with van der Waals surface area (Å²) < 4.78 is 5.70. The van der Waals surface area contributed by atoms with E-state index in [2.05, 4.69) is 5.32 Å². The third kappa shape index (κ3) is 5.19. The average Bonchev–Trinajstić information content (AvgIpc) is 2.96. The van der Waals surface area contributed by atoms with E-state index in [0.29, 0.717) is 25.8 Å². The molecular weight excluding hydrogens is 272 g/mol. The van der Waals surface area contributed by atoms with Gasteiger partial charge in [0.15, 0.2) is 0 Å². The summed E-state index contributed by atoms with van der Waals surface area (Å²) in [7, 11) is 0. The number of carbonyl (C=O) groups is 2. The number of rotatable bonds is 6. The first-order chi connectivity index (χ1) is 10.2. The second-order valence-electron chi connectivity index (χ2n) is 5.95. The monoisotopic (exact) mass is 298 g/mol. The fourth-order valence-corrected chi connectivity index (χ4v) is 3.22. The van der Waals surface area contributed by atoms with Crippen molar-refractivity contribution in [3.8, 4) is 0 Å². The van der Waals surface area contributed by atoms with E-state index in [1.165, 1.54) is 12.8 Å². The first kappa shape index (κ1) is 16.1. The van der Waals surface area contributed by atoms with Gasteiger partial charge in [-0.2, -0.15) is 0 Å². The number of nitrogens with zero attached hydrogens (tertiary/aromatic N) is 1. The highest BCUT2D eigenvalue weighted by atomic mass is 16.5. The van der Waals surface area contributed by atoms with Crippen molar-refractivity contribution in [2.45, 2.75) is 63.5 Å². The maximum atomic E-state index is 12.2. The lowest BCUT2D eigenvalue weighted by Gasteiger charge is -2.34. The topological polar surface area (TPSA) is 78.9 Å². The molecular formula is C15H26N2O4. The summed E-state index contributed by atoms with van der Waals surface area (Å²) in [5.74, 6) is -0.843. The molecule has 2 aliphatic rings. The van der Waals surface area contributed by atoms with Crippen LogP contribution in [0.25, 0.3) is 0 Å². The van der Waals surface area contributed by atoms with E-state index in [0.717, 1.165) is 32.1 Å². The molecule has 0 radical (unpaired) electrons. The number of carboxylic acids is 1. The van der Waals surface area contributed by atoms with Crippen LogP contribution >= 0.6 is 0 Å². The molecule has 0 bridgehead atoms. The zero-order valence-corrected chi connectivity index (χ0v) is 12.6. The molecule has 1 saturated heterocycles. The van der Waals surface area contributed by atoms with Gasteiger partial charge < -0.3 is 20.1 Å². The Bertz CT molecular complexity index is 356. The molecule has 2 amide bonds. The molecule has 2 fully saturated rings. The Morgan fingerprint density at radius 1 is 1.14 bits per heavy atom. The van der Waals surface area contributed by atoms with Crippen LogP contribution in [0, 0.1) is 0 Å². The predicted octanol–water partition coefficient (Wildman–Crippen LogP) is 1.98. The van der Waals surface area contributed by atoms with Gasteiger partial charge in [-0.1, -0.05) is 12.8 Å². The van der Waals surface area contributed by atoms with E-state index < -0.39 is 5.97 Å². The highest BCUT2D eigenvalue weighted by Gasteiger charge is 2.28. The van der Waals surface area contributed by atoms with Gasteiger partial charge in [-0.15, -0.1) is 0 Å². The Morgan fingerprint density at radius 2 is 1.86 bits per heavy atom. The largest absolute Gasteiger partial charge is 0.481 e. The number of ether oxygens (including phenoxy) is 1. The molecule has 21 heavy (non-hydrogen) atoms. The molecule has 1 heterocycles. The van der Waals surface area contributed by atoms with E-state index in [1.54, 1.807) is 4.90 Å². The molecule has 2 N–H and O–H groups in total. The van der Waals surface area contributed by atoms with Crippen LogP contribution in [0.15, 0.2) is 0 Å². The molecule has 1 saturated carbocycles. The third-order valence-electron chi connectivity index (χ3n) is 4.33. The third-order valence-corrected chi connectivity index (χ3v) is 4.33. The number of urea groups is 1. The van der Waals surface area contributed by atoms with E-state index in [9.17, 15) is 9.59 Å². The average molecular weight is 298 g/mol. The standard InChI is InChI=1S/C15H26N2O4/c18-14(19)11-12-5-3-4-9-17(12)15(20)16-8-10-21-13-6-1-2-7-13/h12-13H,1-11H2,(H,16,20)(H,18,19). The van der Waals surface area contributed by atoms with Crippen LogP contribution in [0.1, 0.15) is 51.4 Å². The van der Waals surface area contributed by atoms with E-state index in [1.807, 2.05) is 0 Å². The molecule has 1 unspecified atom stereocenters. The zero-order valence-electron chi connectivity index (χ0n) is 12.6. The van der Waals surface area contributed by atoms with Crippen LogP contribution in [-0.4, -0.2) is 53.8 Å². The van der Waals surface area contributed by atoms with E-state index in [4.69, 9.17) is 9.84 Å². The minimum atomic E-state index is -0.843. The van der Waals surface area contributed by atoms with Crippen molar-refractivity contribution in [3.63, 3.8) is 0 Å². The second kappa shape index (κ2) is 8.22. The van der Waals surface area contributed by atoms with Gasteiger partial charge in [0.25, 0.3) is 0 Å². The van der Waals surface area contributed by atoms with Gasteiger partial charge in [-0.25, -0.2) is 4.79 Å². The van der Waals surface area contributed by atoms with Gasteiger partial charge in [0.05, 0.1) is 19.1 Å². The Labute approximate surface area is 125 Å². The predicted molar refractivity (Wildman–Crippen MR) is 78.2 cm³/mol. The highest BCUT2D eigenvalue weighted by Crippen LogP contribution is 2.21. The lowest BCUT2D eigenvalue weighted by atomic mass is 10.00. The van der Waals surface area contributed by atoms with Gasteiger partial charge in [0, 0.05) is 19.1 Å². The van der Waals surface area contributed by atoms with Crippen LogP contribution in [0.3, 0.4) is 0 Å². The van der Waals surface area contributed by atoms with Gasteiger partial charge in [0.1, 0.15) is 0 Å². The summed E-state index contributed by atoms with van der Waals surface area (Å²) in [6.45, 7) is 1.67. The van der Waals surface area contributed by atoms with Gasteiger partial charge in [-0.05, 0) is 32.1 Å². The maximum absolute atomic E-state index is 12.2. The van der Waals surface area contributed by atoms with Gasteiger partial charge >= 0.3 is 12.0 Å². The first-order valence-corrected chi connectivity index (χ1v) is 8.04. The highest BCUT2D eigenvalue weighted by molar-refractivity contribution is 5.76. The smallest absolute Gasteiger partial charge is 0.317 e. The number of carboxylic acid groups (broad SMARTS) is 1. The number of piperidine rings is 1. The lowest BCUT2D eigenvalue weighted by molar-refractivity contribution is -0.138. The van der Waals surface area contributed by atoms with Crippen molar-refractivity contribution < 1.29 is 19.4 Å². The summed E-state index contributed by atoms with van der Waals surface area (Å²) in [6, 6.07) is -0.331. The molecule has 1 aliphatic heterocycles. The molecule has 2 rings (SSSR count). The summed E-state index contributed by atoms with van der Waals surface area (Å²) in [5.41, 5.74) is 0. The van der Waals surface area contributed by atoms with Gasteiger partial charge in [-0.3, -0.25) is 4.79 Å². The molecule has 6 heteroatoms. The Hall–Kier alpha value is -1.30. The summed E-state index contributed by atoms with van der Waals surface area (Å²) in [5, 5.41) is 11.8. The Kier molecular flexibility index (Phi) is 6.29. The van der Waals surface area contributed by atoms with Crippen LogP contribution in [0.5, 0.6) is 0 Å². The maximum Gasteiger partial charge on any atom is 0.317 e. The number of aliphatic carboxylic acids is 1. The second-order valence-corrected chi connectivity index (χ2v) is 5.95. The van der Waals surface area contributed by atoms with Crippen molar-refractivity contribution in [2.24, 2.45) is 0 Å². The SMILES string of the molecule is O=C(O)CC1CCCCN1C(=O)NCCOC1CCCC1. The van der Waals surface area contributed by atoms with Crippen molar-refractivity contribution in [2.75, 3.05) is 19.7 Å². The molecule has 0 spiro atoms. The minimum absolute atomic E-state index is 0.0337. The molecule has 0 aromatic heterocycles. The number of nitrogens with one attached hydrogen (secondary N) is 1. The van der Waals surface area contributed by atoms with Crippen LogP contribution in [-0.2, 0) is 9.53 Å². The van der Waals surface area contributed by atoms with E-state index in [-0.39, 0.29) is 18.5 Å². The molecule has 120 valence electrons. The molecule has 6 nitrogen and oxygen atoms in total. The number of amides is 2. The first-order valence-electron chi connectivity index (χ1n) is 8.04. The molecule has 0 aromatic carbocycles. The van der Waals surface area contributed by atoms with E-state index >= 15 is 0 Å². The van der Waals surface area contributed by atoms with Gasteiger partial charge in [0.2, 0.25) is 0 Å². The van der Waals surface area contributed by atoms with Crippen LogP contribution in [0.2, 0.25) is 0 Å². The zero-order chi connectivity index (χ0) is 15.1. The summed E-state index contributed by atoms with van der Waals surface area (Å²) >= 11 is 0. The minimum Gasteiger partial charge on any atom is -0.481 e. The Morgan fingerprint density at radius 3 is 2.57 bits per heavy atom. The number of hydrogen-bond donors (Lipinski definition) is 2. The molecule has 1 aliphatic carbocycles. The van der Waals surface area contributed by atoms with Crippen molar-refractivity contribution in [1.82, 2.24) is 10.2 Å². The van der Waals surface area contributed by atoms with Crippen molar-refractivity contribution >= 4 is 12.0 Å². The van der Waals surface area contributed by atoms with Crippen LogP contribution < -0.4 is 5.32 Å². The number of likely N-dealkylation sites (tertiary alicyclic amines) is 1.